The van der Waals surface area contributed by atoms with Crippen LogP contribution >= 0.6 is 0 Å². The van der Waals surface area contributed by atoms with Crippen molar-refractivity contribution in [3.63, 3.8) is 0 Å². The highest BCUT2D eigenvalue weighted by Gasteiger charge is 2.16. The lowest BCUT2D eigenvalue weighted by molar-refractivity contribution is -0.118. The van der Waals surface area contributed by atoms with E-state index in [4.69, 9.17) is 20.5 Å². The summed E-state index contributed by atoms with van der Waals surface area (Å²) in [6, 6.07) is 21.2. The molecule has 2 aromatic carbocycles. The van der Waals surface area contributed by atoms with Crippen LogP contribution in [0.3, 0.4) is 0 Å². The maximum Gasteiger partial charge on any atom is 0.216 e. The molecule has 31 heavy (non-hydrogen) atoms. The largest absolute Gasteiger partial charge is 0.487 e. The summed E-state index contributed by atoms with van der Waals surface area (Å²) in [6.07, 6.45) is 0. The minimum atomic E-state index is -0.0759. The first-order valence-corrected chi connectivity index (χ1v) is 10.0. The molecule has 0 saturated carbocycles. The average molecular weight is 416 g/mol. The van der Waals surface area contributed by atoms with Crippen molar-refractivity contribution in [2.75, 3.05) is 24.2 Å². The second-order valence-electron chi connectivity index (χ2n) is 7.02. The van der Waals surface area contributed by atoms with Crippen LogP contribution in [-0.4, -0.2) is 33.6 Å². The Bertz CT molecular complexity index is 1180. The van der Waals surface area contributed by atoms with Gasteiger partial charge in [0.25, 0.3) is 0 Å². The maximum absolute atomic E-state index is 11.1. The van der Waals surface area contributed by atoms with Crippen molar-refractivity contribution in [2.45, 2.75) is 13.5 Å². The Morgan fingerprint density at radius 1 is 1.03 bits per heavy atom. The highest BCUT2D eigenvalue weighted by atomic mass is 16.5. The van der Waals surface area contributed by atoms with E-state index in [1.807, 2.05) is 66.7 Å². The van der Waals surface area contributed by atoms with Gasteiger partial charge in [-0.3, -0.25) is 4.79 Å². The van der Waals surface area contributed by atoms with Crippen LogP contribution in [0.15, 0.2) is 66.7 Å². The number of nitrogens with two attached hydrogens (primary N) is 1. The third-order valence-corrected chi connectivity index (χ3v) is 4.73. The third kappa shape index (κ3) is 4.75. The molecule has 8 nitrogen and oxygen atoms in total. The molecule has 158 valence electrons. The molecule has 0 saturated heterocycles. The molecule has 2 aromatic heterocycles. The van der Waals surface area contributed by atoms with Gasteiger partial charge in [-0.1, -0.05) is 48.5 Å². The zero-order valence-electron chi connectivity index (χ0n) is 17.2. The van der Waals surface area contributed by atoms with Gasteiger partial charge in [0.05, 0.1) is 11.1 Å². The van der Waals surface area contributed by atoms with Gasteiger partial charge in [0.15, 0.2) is 11.5 Å². The van der Waals surface area contributed by atoms with Crippen molar-refractivity contribution in [3.05, 3.63) is 72.4 Å². The summed E-state index contributed by atoms with van der Waals surface area (Å²) in [7, 11) is 0. The first-order chi connectivity index (χ1) is 15.1. The smallest absolute Gasteiger partial charge is 0.216 e. The molecule has 2 heterocycles. The number of rotatable bonds is 8. The van der Waals surface area contributed by atoms with Gasteiger partial charge in [-0.05, 0) is 18.2 Å². The molecule has 4 aromatic rings. The van der Waals surface area contributed by atoms with E-state index in [0.717, 1.165) is 22.4 Å². The number of benzene rings is 2. The number of carbonyl (C=O) groups excluding carboxylic acids is 1. The number of aromatic nitrogens is 3. The van der Waals surface area contributed by atoms with Gasteiger partial charge < -0.3 is 21.2 Å². The molecule has 0 fully saturated rings. The van der Waals surface area contributed by atoms with E-state index >= 15 is 0 Å². The molecule has 0 aliphatic heterocycles. The molecule has 0 atom stereocenters. The minimum Gasteiger partial charge on any atom is -0.487 e. The summed E-state index contributed by atoms with van der Waals surface area (Å²) in [5.74, 6) is 8.28. The van der Waals surface area contributed by atoms with E-state index in [2.05, 4.69) is 10.6 Å². The van der Waals surface area contributed by atoms with E-state index in [-0.39, 0.29) is 5.91 Å². The number of hydrogen-bond donors (Lipinski definition) is 3. The fourth-order valence-electron chi connectivity index (χ4n) is 3.20. The predicted molar refractivity (Wildman–Crippen MR) is 121 cm³/mol. The van der Waals surface area contributed by atoms with Gasteiger partial charge in [-0.2, -0.15) is 0 Å². The fourth-order valence-corrected chi connectivity index (χ4v) is 3.20. The first kappa shape index (κ1) is 20.2. The lowest BCUT2D eigenvalue weighted by atomic mass is 10.2. The molecular formula is C23H24N6O2. The van der Waals surface area contributed by atoms with Gasteiger partial charge in [0.1, 0.15) is 18.2 Å². The molecule has 0 aliphatic rings. The van der Waals surface area contributed by atoms with Crippen LogP contribution in [0.5, 0.6) is 5.75 Å². The fraction of sp³-hybridized carbons (Fsp3) is 0.174. The van der Waals surface area contributed by atoms with Crippen LogP contribution in [0.1, 0.15) is 12.6 Å². The molecule has 8 heteroatoms. The topological polar surface area (TPSA) is 107 Å². The standard InChI is InChI=1S/C23H24N6O2/c1-16(30)25-12-13-26-22-20-14-18(15-31-19-10-6-3-7-11-19)29(24)23(20)28-21(27-22)17-8-4-2-5-9-17/h2-11,14H,12-13,15,24H2,1H3,(H,25,30)(H,26,27,28). The SMILES string of the molecule is CC(=O)NCCNc1nc(-c2ccccc2)nc2c1cc(COc1ccccc1)n2N. The van der Waals surface area contributed by atoms with Gasteiger partial charge in [-0.25, -0.2) is 14.6 Å². The summed E-state index contributed by atoms with van der Waals surface area (Å²) in [4.78, 5) is 20.6. The number of nitrogen functional groups attached to an aromatic ring is 1. The summed E-state index contributed by atoms with van der Waals surface area (Å²) >= 11 is 0. The van der Waals surface area contributed by atoms with Crippen molar-refractivity contribution in [3.8, 4) is 17.1 Å². The Balaban J connectivity index is 1.67. The van der Waals surface area contributed by atoms with Crippen molar-refractivity contribution in [1.29, 1.82) is 0 Å². The minimum absolute atomic E-state index is 0.0759. The summed E-state index contributed by atoms with van der Waals surface area (Å²) in [6.45, 7) is 2.78. The first-order valence-electron chi connectivity index (χ1n) is 10.0. The Hall–Kier alpha value is -4.07. The van der Waals surface area contributed by atoms with Gasteiger partial charge in [0.2, 0.25) is 5.91 Å². The Morgan fingerprint density at radius 3 is 2.45 bits per heavy atom. The molecule has 0 bridgehead atoms. The zero-order chi connectivity index (χ0) is 21.6. The number of fused-ring (bicyclic) bond motifs is 1. The molecule has 0 unspecified atom stereocenters. The van der Waals surface area contributed by atoms with E-state index < -0.39 is 0 Å². The molecule has 1 amide bonds. The maximum atomic E-state index is 11.1. The van der Waals surface area contributed by atoms with Crippen molar-refractivity contribution in [1.82, 2.24) is 20.0 Å². The molecule has 4 N–H and O–H groups in total. The van der Waals surface area contributed by atoms with Crippen LogP contribution in [0, 0.1) is 0 Å². The molecular weight excluding hydrogens is 392 g/mol. The summed E-state index contributed by atoms with van der Waals surface area (Å²) < 4.78 is 7.40. The number of ether oxygens (including phenoxy) is 1. The lowest BCUT2D eigenvalue weighted by Crippen LogP contribution is -2.26. The van der Waals surface area contributed by atoms with Crippen LogP contribution in [0.4, 0.5) is 5.82 Å². The summed E-state index contributed by atoms with van der Waals surface area (Å²) in [5.41, 5.74) is 2.25. The Morgan fingerprint density at radius 2 is 1.74 bits per heavy atom. The van der Waals surface area contributed by atoms with E-state index in [1.54, 1.807) is 0 Å². The highest BCUT2D eigenvalue weighted by Crippen LogP contribution is 2.27. The molecule has 0 spiro atoms. The van der Waals surface area contributed by atoms with Crippen molar-refractivity contribution < 1.29 is 9.53 Å². The monoisotopic (exact) mass is 416 g/mol. The van der Waals surface area contributed by atoms with Gasteiger partial charge >= 0.3 is 0 Å². The van der Waals surface area contributed by atoms with Crippen LogP contribution in [0.2, 0.25) is 0 Å². The van der Waals surface area contributed by atoms with Crippen LogP contribution in [-0.2, 0) is 11.4 Å². The number of nitrogens with one attached hydrogen (secondary N) is 2. The zero-order valence-corrected chi connectivity index (χ0v) is 17.2. The van der Waals surface area contributed by atoms with Gasteiger partial charge in [-0.15, -0.1) is 0 Å². The molecule has 0 aliphatic carbocycles. The van der Waals surface area contributed by atoms with E-state index in [1.165, 1.54) is 11.6 Å². The van der Waals surface area contributed by atoms with E-state index in [0.29, 0.717) is 37.0 Å². The number of amides is 1. The quantitative estimate of drug-likeness (QED) is 0.301. The van der Waals surface area contributed by atoms with Crippen LogP contribution in [0.25, 0.3) is 22.4 Å². The van der Waals surface area contributed by atoms with Gasteiger partial charge in [0, 0.05) is 25.6 Å². The predicted octanol–water partition coefficient (Wildman–Crippen LogP) is 2.94. The highest BCUT2D eigenvalue weighted by molar-refractivity contribution is 5.90. The lowest BCUT2D eigenvalue weighted by Gasteiger charge is -2.10. The molecule has 0 radical (unpaired) electrons. The van der Waals surface area contributed by atoms with Crippen LogP contribution < -0.4 is 21.2 Å². The number of nitrogens with zero attached hydrogens (tertiary/aromatic N) is 3. The normalized spacial score (nSPS) is 10.7. The second kappa shape index (κ2) is 9.17. The Labute approximate surface area is 180 Å². The number of anilines is 1. The Kier molecular flexibility index (Phi) is 5.98. The molecule has 4 rings (SSSR count). The number of para-hydroxylation sites is 1. The third-order valence-electron chi connectivity index (χ3n) is 4.73. The van der Waals surface area contributed by atoms with Crippen molar-refractivity contribution >= 4 is 22.8 Å². The number of hydrogen-bond acceptors (Lipinski definition) is 6. The second-order valence-corrected chi connectivity index (χ2v) is 7.02. The average Bonchev–Trinajstić information content (AvgIpc) is 3.12. The number of carbonyl (C=O) groups is 1. The van der Waals surface area contributed by atoms with E-state index in [9.17, 15) is 4.79 Å². The summed E-state index contributed by atoms with van der Waals surface area (Å²) in [5, 5.41) is 6.85. The van der Waals surface area contributed by atoms with Crippen molar-refractivity contribution in [2.24, 2.45) is 0 Å².